The molecule has 4 rings (SSSR count). The van der Waals surface area contributed by atoms with Crippen LogP contribution < -0.4 is 0 Å². The smallest absolute Gasteiger partial charge is 0.0721 e. The first-order valence-corrected chi connectivity index (χ1v) is 9.12. The number of fused-ring (bicyclic) bond motifs is 2. The van der Waals surface area contributed by atoms with E-state index < -0.39 is 0 Å². The lowest BCUT2D eigenvalue weighted by molar-refractivity contribution is 0.141. The van der Waals surface area contributed by atoms with E-state index in [0.717, 1.165) is 19.3 Å². The van der Waals surface area contributed by atoms with Crippen molar-refractivity contribution in [2.45, 2.75) is 25.9 Å². The molecule has 2 aromatic rings. The fraction of sp³-hybridized carbons (Fsp3) is 0.250. The lowest BCUT2D eigenvalue weighted by Gasteiger charge is -2.26. The van der Waals surface area contributed by atoms with Crippen molar-refractivity contribution in [3.8, 4) is 0 Å². The van der Waals surface area contributed by atoms with Crippen LogP contribution >= 0.6 is 0 Å². The summed E-state index contributed by atoms with van der Waals surface area (Å²) in [6.07, 6.45) is 12.5. The summed E-state index contributed by atoms with van der Waals surface area (Å²) in [5.41, 5.74) is 7.08. The summed E-state index contributed by atoms with van der Waals surface area (Å²) in [5, 5.41) is 0. The molecule has 2 aliphatic carbocycles. The Morgan fingerprint density at radius 2 is 1.64 bits per heavy atom. The van der Waals surface area contributed by atoms with Gasteiger partial charge in [-0.3, -0.25) is 0 Å². The van der Waals surface area contributed by atoms with Crippen molar-refractivity contribution in [2.24, 2.45) is 5.92 Å². The molecule has 0 aliphatic heterocycles. The summed E-state index contributed by atoms with van der Waals surface area (Å²) in [6, 6.07) is 19.2. The van der Waals surface area contributed by atoms with E-state index in [4.69, 9.17) is 4.74 Å². The van der Waals surface area contributed by atoms with E-state index >= 15 is 0 Å². The first-order chi connectivity index (χ1) is 12.4. The van der Waals surface area contributed by atoms with Crippen molar-refractivity contribution in [3.63, 3.8) is 0 Å². The molecule has 0 bridgehead atoms. The monoisotopic (exact) mass is 328 g/mol. The molecule has 0 radical (unpaired) electrons. The summed E-state index contributed by atoms with van der Waals surface area (Å²) in [4.78, 5) is 0. The van der Waals surface area contributed by atoms with Crippen molar-refractivity contribution in [3.05, 3.63) is 107 Å². The highest BCUT2D eigenvalue weighted by molar-refractivity contribution is 5.40. The van der Waals surface area contributed by atoms with E-state index in [1.807, 2.05) is 6.07 Å². The van der Waals surface area contributed by atoms with Gasteiger partial charge in [0.05, 0.1) is 13.2 Å². The van der Waals surface area contributed by atoms with E-state index in [1.165, 1.54) is 27.8 Å². The van der Waals surface area contributed by atoms with Crippen molar-refractivity contribution >= 4 is 0 Å². The van der Waals surface area contributed by atoms with Gasteiger partial charge >= 0.3 is 0 Å². The van der Waals surface area contributed by atoms with Crippen molar-refractivity contribution in [1.82, 2.24) is 0 Å². The first kappa shape index (κ1) is 16.1. The van der Waals surface area contributed by atoms with Crippen molar-refractivity contribution < 1.29 is 4.74 Å². The second kappa shape index (κ2) is 7.67. The van der Waals surface area contributed by atoms with Gasteiger partial charge in [-0.05, 0) is 41.5 Å². The van der Waals surface area contributed by atoms with Crippen LogP contribution in [-0.2, 0) is 24.2 Å². The maximum atomic E-state index is 5.92. The lowest BCUT2D eigenvalue weighted by atomic mass is 9.79. The molecule has 25 heavy (non-hydrogen) atoms. The van der Waals surface area contributed by atoms with E-state index in [9.17, 15) is 0 Å². The number of benzene rings is 2. The van der Waals surface area contributed by atoms with Crippen LogP contribution in [-0.4, -0.2) is 6.61 Å². The topological polar surface area (TPSA) is 9.23 Å². The Labute approximate surface area is 150 Å². The number of hydrogen-bond acceptors (Lipinski definition) is 1. The lowest BCUT2D eigenvalue weighted by Crippen LogP contribution is -2.16. The largest absolute Gasteiger partial charge is 0.372 e. The van der Waals surface area contributed by atoms with E-state index in [0.29, 0.717) is 19.1 Å². The number of hydrogen-bond donors (Lipinski definition) is 0. The SMILES string of the molecule is C1=C\[C@@H]2Cc3ccccc3C/C2=C/C=C(/COCc2ccccc2)C/1. The molecular weight excluding hydrogens is 304 g/mol. The molecule has 0 spiro atoms. The summed E-state index contributed by atoms with van der Waals surface area (Å²) in [6.45, 7) is 1.37. The third kappa shape index (κ3) is 4.00. The van der Waals surface area contributed by atoms with Gasteiger partial charge < -0.3 is 4.74 Å². The Hall–Kier alpha value is -2.38. The van der Waals surface area contributed by atoms with Crippen LogP contribution in [0.5, 0.6) is 0 Å². The quantitative estimate of drug-likeness (QED) is 0.680. The average Bonchev–Trinajstić information content (AvgIpc) is 2.64. The van der Waals surface area contributed by atoms with Gasteiger partial charge in [-0.25, -0.2) is 0 Å². The van der Waals surface area contributed by atoms with Crippen LogP contribution in [0, 0.1) is 5.92 Å². The molecule has 0 fully saturated rings. The van der Waals surface area contributed by atoms with Crippen molar-refractivity contribution in [2.75, 3.05) is 6.61 Å². The minimum absolute atomic E-state index is 0.554. The zero-order valence-electron chi connectivity index (χ0n) is 14.5. The minimum atomic E-state index is 0.554. The van der Waals surface area contributed by atoms with Gasteiger partial charge in [0, 0.05) is 5.92 Å². The molecule has 1 heteroatoms. The number of ether oxygens (including phenoxy) is 1. The van der Waals surface area contributed by atoms with E-state index in [2.05, 4.69) is 72.8 Å². The van der Waals surface area contributed by atoms with Gasteiger partial charge in [-0.15, -0.1) is 0 Å². The van der Waals surface area contributed by atoms with Crippen LogP contribution in [0.2, 0.25) is 0 Å². The van der Waals surface area contributed by atoms with Gasteiger partial charge in [-0.1, -0.05) is 84.5 Å². The van der Waals surface area contributed by atoms with E-state index in [-0.39, 0.29) is 0 Å². The predicted molar refractivity (Wildman–Crippen MR) is 103 cm³/mol. The highest BCUT2D eigenvalue weighted by Gasteiger charge is 2.21. The molecule has 0 heterocycles. The molecule has 0 amide bonds. The zero-order valence-corrected chi connectivity index (χ0v) is 14.5. The maximum Gasteiger partial charge on any atom is 0.0721 e. The summed E-state index contributed by atoms with van der Waals surface area (Å²) in [7, 11) is 0. The molecule has 1 atom stereocenters. The zero-order chi connectivity index (χ0) is 16.9. The normalized spacial score (nSPS) is 24.6. The van der Waals surface area contributed by atoms with E-state index in [1.54, 1.807) is 0 Å². The molecule has 0 aromatic heterocycles. The molecule has 0 saturated carbocycles. The van der Waals surface area contributed by atoms with Gasteiger partial charge in [-0.2, -0.15) is 0 Å². The van der Waals surface area contributed by atoms with Crippen LogP contribution in [0.4, 0.5) is 0 Å². The molecule has 2 aromatic carbocycles. The van der Waals surface area contributed by atoms with Crippen molar-refractivity contribution in [1.29, 1.82) is 0 Å². The molecule has 2 aliphatic rings. The number of rotatable bonds is 4. The fourth-order valence-electron chi connectivity index (χ4n) is 3.68. The Morgan fingerprint density at radius 1 is 0.840 bits per heavy atom. The molecule has 0 saturated heterocycles. The number of allylic oxidation sites excluding steroid dienone is 5. The molecule has 0 unspecified atom stereocenters. The fourth-order valence-corrected chi connectivity index (χ4v) is 3.68. The standard InChI is InChI=1S/C24H24O/c1-2-7-19(8-3-1)17-25-18-20-9-6-12-23-15-21-10-4-5-11-22(21)16-24(23)14-13-20/h1-8,10-14,23H,9,15-18H2/b12-6-,20-13+,24-14-/t23-/m1/s1. The first-order valence-electron chi connectivity index (χ1n) is 9.12. The minimum Gasteiger partial charge on any atom is -0.372 e. The van der Waals surface area contributed by atoms with Gasteiger partial charge in [0.15, 0.2) is 0 Å². The predicted octanol–water partition coefficient (Wildman–Crippen LogP) is 5.43. The van der Waals surface area contributed by atoms with Crippen LogP contribution in [0.15, 0.2) is 90.0 Å². The molecule has 126 valence electrons. The third-order valence-corrected chi connectivity index (χ3v) is 5.11. The average molecular weight is 328 g/mol. The van der Waals surface area contributed by atoms with Gasteiger partial charge in [0.1, 0.15) is 0 Å². The van der Waals surface area contributed by atoms with Gasteiger partial charge in [0.25, 0.3) is 0 Å². The summed E-state index contributed by atoms with van der Waals surface area (Å²) >= 11 is 0. The summed E-state index contributed by atoms with van der Waals surface area (Å²) < 4.78 is 5.92. The second-order valence-corrected chi connectivity index (χ2v) is 6.93. The molecule has 1 nitrogen and oxygen atoms in total. The Bertz CT molecular complexity index is 811. The maximum absolute atomic E-state index is 5.92. The Kier molecular flexibility index (Phi) is 4.94. The van der Waals surface area contributed by atoms with Crippen LogP contribution in [0.25, 0.3) is 0 Å². The van der Waals surface area contributed by atoms with Crippen LogP contribution in [0.3, 0.4) is 0 Å². The molecular formula is C24H24O. The molecule has 0 N–H and O–H groups in total. The second-order valence-electron chi connectivity index (χ2n) is 6.93. The third-order valence-electron chi connectivity index (χ3n) is 5.11. The summed E-state index contributed by atoms with van der Waals surface area (Å²) in [5.74, 6) is 0.554. The highest BCUT2D eigenvalue weighted by Crippen LogP contribution is 2.32. The highest BCUT2D eigenvalue weighted by atomic mass is 16.5. The van der Waals surface area contributed by atoms with Gasteiger partial charge in [0.2, 0.25) is 0 Å². The Morgan fingerprint density at radius 3 is 2.52 bits per heavy atom. The Balaban J connectivity index is 1.43. The van der Waals surface area contributed by atoms with Crippen LogP contribution in [0.1, 0.15) is 23.1 Å².